The average molecular weight is 597 g/mol. The number of carbonyl (C=O) groups excluding carboxylic acids is 1. The molecule has 2 heterocycles. The molecule has 3 aromatic carbocycles. The Morgan fingerprint density at radius 3 is 2.58 bits per heavy atom. The second-order valence-electron chi connectivity index (χ2n) is 8.93. The van der Waals surface area contributed by atoms with Crippen LogP contribution >= 0.6 is 34.5 Å². The van der Waals surface area contributed by atoms with Crippen LogP contribution in [0.3, 0.4) is 0 Å². The van der Waals surface area contributed by atoms with Gasteiger partial charge < -0.3 is 9.47 Å². The number of esters is 1. The van der Waals surface area contributed by atoms with E-state index < -0.39 is 17.8 Å². The number of para-hydroxylation sites is 1. The molecule has 0 saturated carbocycles. The lowest BCUT2D eigenvalue weighted by Gasteiger charge is -2.24. The number of aromatic nitrogens is 1. The minimum atomic E-state index is -0.820. The summed E-state index contributed by atoms with van der Waals surface area (Å²) in [7, 11) is 0. The molecule has 0 unspecified atom stereocenters. The summed E-state index contributed by atoms with van der Waals surface area (Å²) in [6.07, 6.45) is 1.74. The summed E-state index contributed by atoms with van der Waals surface area (Å²) in [5.74, 6) is -0.432. The van der Waals surface area contributed by atoms with Crippen molar-refractivity contribution in [2.75, 3.05) is 6.61 Å². The molecule has 1 aliphatic rings. The van der Waals surface area contributed by atoms with Crippen molar-refractivity contribution in [1.82, 2.24) is 4.57 Å². The van der Waals surface area contributed by atoms with E-state index in [0.717, 1.165) is 5.56 Å². The largest absolute Gasteiger partial charge is 0.488 e. The van der Waals surface area contributed by atoms with Crippen molar-refractivity contribution >= 4 is 46.6 Å². The molecule has 0 saturated heterocycles. The van der Waals surface area contributed by atoms with Gasteiger partial charge in [0, 0.05) is 5.56 Å². The first-order valence-electron chi connectivity index (χ1n) is 12.4. The van der Waals surface area contributed by atoms with Crippen LogP contribution < -0.4 is 19.6 Å². The Kier molecular flexibility index (Phi) is 8.21. The highest BCUT2D eigenvalue weighted by molar-refractivity contribution is 7.07. The Morgan fingerprint density at radius 2 is 1.85 bits per heavy atom. The summed E-state index contributed by atoms with van der Waals surface area (Å²) in [5.41, 5.74) is 2.42. The zero-order valence-electron chi connectivity index (χ0n) is 21.5. The van der Waals surface area contributed by atoms with E-state index >= 15 is 0 Å². The van der Waals surface area contributed by atoms with E-state index in [2.05, 4.69) is 4.99 Å². The molecule has 4 aromatic rings. The second kappa shape index (κ2) is 11.8. The van der Waals surface area contributed by atoms with E-state index in [-0.39, 0.29) is 24.3 Å². The van der Waals surface area contributed by atoms with Crippen LogP contribution in [0.25, 0.3) is 6.08 Å². The molecule has 0 radical (unpaired) electrons. The molecule has 10 heteroatoms. The molecule has 1 aromatic heterocycles. The van der Waals surface area contributed by atoms with Crippen molar-refractivity contribution in [3.8, 4) is 5.75 Å². The van der Waals surface area contributed by atoms with Gasteiger partial charge in [-0.25, -0.2) is 14.2 Å². The number of ether oxygens (including phenoxy) is 2. The zero-order valence-corrected chi connectivity index (χ0v) is 23.8. The van der Waals surface area contributed by atoms with Gasteiger partial charge in [0.1, 0.15) is 18.2 Å². The number of fused-ring (bicyclic) bond motifs is 1. The van der Waals surface area contributed by atoms with Crippen LogP contribution in [0.5, 0.6) is 5.75 Å². The number of carbonyl (C=O) groups is 1. The number of benzene rings is 3. The fraction of sp³-hybridized carbons (Fsp3) is 0.167. The maximum Gasteiger partial charge on any atom is 0.338 e. The summed E-state index contributed by atoms with van der Waals surface area (Å²) in [6, 6.07) is 17.5. The second-order valence-corrected chi connectivity index (χ2v) is 10.8. The fourth-order valence-corrected chi connectivity index (χ4v) is 5.77. The van der Waals surface area contributed by atoms with Gasteiger partial charge in [-0.05, 0) is 61.4 Å². The molecule has 0 amide bonds. The normalized spacial score (nSPS) is 15.0. The number of hydrogen-bond donors (Lipinski definition) is 0. The maximum absolute atomic E-state index is 13.8. The Bertz CT molecular complexity index is 1810. The third kappa shape index (κ3) is 5.61. The van der Waals surface area contributed by atoms with E-state index in [1.54, 1.807) is 44.2 Å². The standard InChI is InChI=1S/C30H23Cl2FN2O4S/c1-3-38-29(37)26-17(2)34-30-35(27(26)19-9-11-21(33)12-10-19)28(36)25(40-30)15-20-6-4-5-7-24(20)39-16-18-8-13-22(31)23(32)14-18/h4-15,27H,3,16H2,1-2H3/t27-/m1/s1. The highest BCUT2D eigenvalue weighted by Gasteiger charge is 2.33. The van der Waals surface area contributed by atoms with E-state index in [4.69, 9.17) is 32.7 Å². The quantitative estimate of drug-likeness (QED) is 0.252. The molecular formula is C30H23Cl2FN2O4S. The van der Waals surface area contributed by atoms with Gasteiger partial charge in [-0.1, -0.05) is 70.9 Å². The summed E-state index contributed by atoms with van der Waals surface area (Å²) in [4.78, 5) is 31.8. The lowest BCUT2D eigenvalue weighted by atomic mass is 9.96. The minimum absolute atomic E-state index is 0.162. The van der Waals surface area contributed by atoms with Crippen LogP contribution in [0.2, 0.25) is 10.0 Å². The van der Waals surface area contributed by atoms with Gasteiger partial charge in [0.2, 0.25) is 0 Å². The van der Waals surface area contributed by atoms with Gasteiger partial charge in [0.05, 0.1) is 38.5 Å². The first-order valence-corrected chi connectivity index (χ1v) is 13.9. The van der Waals surface area contributed by atoms with Crippen molar-refractivity contribution in [2.24, 2.45) is 4.99 Å². The minimum Gasteiger partial charge on any atom is -0.488 e. The SMILES string of the molecule is CCOC(=O)C1=C(C)N=c2sc(=Cc3ccccc3OCc3ccc(Cl)c(Cl)c3)c(=O)n2[C@@H]1c1ccc(F)cc1. The van der Waals surface area contributed by atoms with Gasteiger partial charge in [-0.3, -0.25) is 9.36 Å². The van der Waals surface area contributed by atoms with Gasteiger partial charge in [0.15, 0.2) is 4.80 Å². The van der Waals surface area contributed by atoms with Gasteiger partial charge >= 0.3 is 5.97 Å². The highest BCUT2D eigenvalue weighted by atomic mass is 35.5. The monoisotopic (exact) mass is 596 g/mol. The van der Waals surface area contributed by atoms with Gasteiger partial charge in [0.25, 0.3) is 5.56 Å². The fourth-order valence-electron chi connectivity index (χ4n) is 4.41. The molecule has 0 aliphatic carbocycles. The van der Waals surface area contributed by atoms with E-state index in [9.17, 15) is 14.0 Å². The van der Waals surface area contributed by atoms with Crippen molar-refractivity contribution in [1.29, 1.82) is 0 Å². The van der Waals surface area contributed by atoms with Crippen molar-refractivity contribution in [3.63, 3.8) is 0 Å². The van der Waals surface area contributed by atoms with Crippen LogP contribution in [0.1, 0.15) is 36.6 Å². The van der Waals surface area contributed by atoms with Crippen molar-refractivity contribution < 1.29 is 18.7 Å². The number of rotatable bonds is 7. The number of thiazole rings is 1. The molecule has 6 nitrogen and oxygen atoms in total. The van der Waals surface area contributed by atoms with Gasteiger partial charge in [-0.2, -0.15) is 0 Å². The molecule has 1 aliphatic heterocycles. The van der Waals surface area contributed by atoms with E-state index in [1.807, 2.05) is 30.3 Å². The van der Waals surface area contributed by atoms with Crippen LogP contribution in [0.15, 0.2) is 87.8 Å². The van der Waals surface area contributed by atoms with Gasteiger partial charge in [-0.15, -0.1) is 0 Å². The molecule has 1 atom stereocenters. The molecule has 0 spiro atoms. The Balaban J connectivity index is 1.58. The van der Waals surface area contributed by atoms with E-state index in [1.165, 1.54) is 28.0 Å². The van der Waals surface area contributed by atoms with Crippen LogP contribution in [-0.2, 0) is 16.1 Å². The Labute approximate surface area is 243 Å². The summed E-state index contributed by atoms with van der Waals surface area (Å²) in [6.45, 7) is 3.81. The zero-order chi connectivity index (χ0) is 28.4. The smallest absolute Gasteiger partial charge is 0.338 e. The predicted octanol–water partition coefficient (Wildman–Crippen LogP) is 5.82. The van der Waals surface area contributed by atoms with Crippen molar-refractivity contribution in [3.05, 3.63) is 130 Å². The van der Waals surface area contributed by atoms with Crippen LogP contribution in [-0.4, -0.2) is 17.1 Å². The first kappa shape index (κ1) is 27.8. The average Bonchev–Trinajstić information content (AvgIpc) is 3.24. The summed E-state index contributed by atoms with van der Waals surface area (Å²) in [5, 5.41) is 0.895. The van der Waals surface area contributed by atoms with Crippen molar-refractivity contribution in [2.45, 2.75) is 26.5 Å². The highest BCUT2D eigenvalue weighted by Crippen LogP contribution is 2.31. The number of nitrogens with zero attached hydrogens (tertiary/aromatic N) is 2. The third-order valence-electron chi connectivity index (χ3n) is 6.29. The topological polar surface area (TPSA) is 69.9 Å². The lowest BCUT2D eigenvalue weighted by Crippen LogP contribution is -2.39. The number of halogens is 3. The molecule has 0 fully saturated rings. The molecule has 0 N–H and O–H groups in total. The summed E-state index contributed by atoms with van der Waals surface area (Å²) >= 11 is 13.3. The molecule has 0 bridgehead atoms. The molecule has 204 valence electrons. The maximum atomic E-state index is 13.8. The summed E-state index contributed by atoms with van der Waals surface area (Å²) < 4.78 is 27.0. The number of hydrogen-bond acceptors (Lipinski definition) is 6. The third-order valence-corrected chi connectivity index (χ3v) is 8.01. The Hall–Kier alpha value is -3.72. The predicted molar refractivity (Wildman–Crippen MR) is 154 cm³/mol. The first-order chi connectivity index (χ1) is 19.3. The van der Waals surface area contributed by atoms with Crippen LogP contribution in [0, 0.1) is 5.82 Å². The number of allylic oxidation sites excluding steroid dienone is 1. The lowest BCUT2D eigenvalue weighted by molar-refractivity contribution is -0.139. The molecule has 40 heavy (non-hydrogen) atoms. The molecule has 5 rings (SSSR count). The molecular weight excluding hydrogens is 574 g/mol. The Morgan fingerprint density at radius 1 is 1.10 bits per heavy atom. The van der Waals surface area contributed by atoms with Crippen LogP contribution in [0.4, 0.5) is 4.39 Å². The van der Waals surface area contributed by atoms with E-state index in [0.29, 0.717) is 42.0 Å².